The van der Waals surface area contributed by atoms with Crippen molar-refractivity contribution in [2.24, 2.45) is 5.10 Å². The van der Waals surface area contributed by atoms with E-state index in [-0.39, 0.29) is 6.04 Å². The molecular weight excluding hydrogens is 407 g/mol. The summed E-state index contributed by atoms with van der Waals surface area (Å²) >= 11 is 12.6. The van der Waals surface area contributed by atoms with Gasteiger partial charge in [-0.25, -0.2) is 5.01 Å². The number of fused-ring (bicyclic) bond motifs is 3. The second kappa shape index (κ2) is 7.29. The van der Waals surface area contributed by atoms with E-state index >= 15 is 0 Å². The quantitative estimate of drug-likeness (QED) is 0.498. The Balaban J connectivity index is 1.58. The number of benzene rings is 3. The zero-order valence-electron chi connectivity index (χ0n) is 15.7. The molecule has 0 aliphatic carbocycles. The first kappa shape index (κ1) is 18.3. The van der Waals surface area contributed by atoms with Gasteiger partial charge in [-0.1, -0.05) is 47.5 Å². The molecule has 3 aromatic carbocycles. The molecule has 146 valence electrons. The Bertz CT molecular complexity index is 1100. The van der Waals surface area contributed by atoms with Gasteiger partial charge in [0, 0.05) is 22.6 Å². The first-order valence-corrected chi connectivity index (χ1v) is 10.1. The van der Waals surface area contributed by atoms with Crippen LogP contribution < -0.4 is 9.47 Å². The molecule has 0 unspecified atom stereocenters. The van der Waals surface area contributed by atoms with Crippen LogP contribution >= 0.6 is 23.2 Å². The summed E-state index contributed by atoms with van der Waals surface area (Å²) in [4.78, 5) is 0. The highest BCUT2D eigenvalue weighted by Gasteiger charge is 2.41. The smallest absolute Gasteiger partial charge is 0.215 e. The molecule has 29 heavy (non-hydrogen) atoms. The third-order valence-electron chi connectivity index (χ3n) is 5.35. The molecule has 0 radical (unpaired) electrons. The van der Waals surface area contributed by atoms with Gasteiger partial charge in [0.1, 0.15) is 11.5 Å². The van der Waals surface area contributed by atoms with Crippen LogP contribution in [0.4, 0.5) is 0 Å². The van der Waals surface area contributed by atoms with Gasteiger partial charge in [-0.05, 0) is 48.0 Å². The van der Waals surface area contributed by atoms with Gasteiger partial charge in [0.25, 0.3) is 0 Å². The normalized spacial score (nSPS) is 19.8. The van der Waals surface area contributed by atoms with Crippen LogP contribution in [0.2, 0.25) is 10.0 Å². The van der Waals surface area contributed by atoms with Crippen LogP contribution in [0.5, 0.6) is 11.5 Å². The first-order chi connectivity index (χ1) is 14.1. The number of rotatable bonds is 3. The predicted octanol–water partition coefficient (Wildman–Crippen LogP) is 6.24. The van der Waals surface area contributed by atoms with Gasteiger partial charge < -0.3 is 9.47 Å². The molecule has 0 bridgehead atoms. The van der Waals surface area contributed by atoms with E-state index in [0.29, 0.717) is 10.0 Å². The SMILES string of the molecule is COc1ccc(C2=NN3[C@H](C2)c2ccccc2O[C@@H]3c2ccc(Cl)cc2Cl)cc1. The Morgan fingerprint density at radius 1 is 1.00 bits per heavy atom. The molecule has 5 rings (SSSR count). The lowest BCUT2D eigenvalue weighted by molar-refractivity contribution is -0.0189. The van der Waals surface area contributed by atoms with E-state index in [1.54, 1.807) is 13.2 Å². The molecule has 3 aromatic rings. The van der Waals surface area contributed by atoms with E-state index in [1.165, 1.54) is 0 Å². The lowest BCUT2D eigenvalue weighted by atomic mass is 9.96. The number of hydrazone groups is 1. The Morgan fingerprint density at radius 2 is 1.79 bits per heavy atom. The van der Waals surface area contributed by atoms with Crippen molar-refractivity contribution in [3.05, 3.63) is 93.5 Å². The van der Waals surface area contributed by atoms with Gasteiger partial charge in [-0.15, -0.1) is 0 Å². The molecule has 0 aromatic heterocycles. The molecule has 6 heteroatoms. The number of halogens is 2. The molecule has 0 fully saturated rings. The second-order valence-corrected chi connectivity index (χ2v) is 7.89. The largest absolute Gasteiger partial charge is 0.497 e. The Kier molecular flexibility index (Phi) is 4.61. The van der Waals surface area contributed by atoms with Crippen LogP contribution in [-0.2, 0) is 0 Å². The molecule has 0 saturated carbocycles. The highest BCUT2D eigenvalue weighted by atomic mass is 35.5. The summed E-state index contributed by atoms with van der Waals surface area (Å²) in [5, 5.41) is 8.12. The summed E-state index contributed by atoms with van der Waals surface area (Å²) in [6.45, 7) is 0. The zero-order valence-corrected chi connectivity index (χ0v) is 17.2. The summed E-state index contributed by atoms with van der Waals surface area (Å²) < 4.78 is 11.6. The van der Waals surface area contributed by atoms with Gasteiger partial charge in [0.15, 0.2) is 0 Å². The van der Waals surface area contributed by atoms with E-state index < -0.39 is 6.23 Å². The van der Waals surface area contributed by atoms with Gasteiger partial charge in [-0.3, -0.25) is 0 Å². The molecular formula is C23H18Cl2N2O2. The maximum absolute atomic E-state index is 6.51. The maximum atomic E-state index is 6.51. The van der Waals surface area contributed by atoms with Crippen molar-refractivity contribution in [3.8, 4) is 11.5 Å². The number of para-hydroxylation sites is 1. The Hall–Kier alpha value is -2.69. The minimum atomic E-state index is -0.421. The highest BCUT2D eigenvalue weighted by molar-refractivity contribution is 6.35. The molecule has 0 amide bonds. The first-order valence-electron chi connectivity index (χ1n) is 9.35. The molecule has 2 atom stereocenters. The van der Waals surface area contributed by atoms with Gasteiger partial charge in [0.05, 0.1) is 23.9 Å². The fourth-order valence-electron chi connectivity index (χ4n) is 3.90. The van der Waals surface area contributed by atoms with Crippen LogP contribution in [0.25, 0.3) is 0 Å². The van der Waals surface area contributed by atoms with Crippen molar-refractivity contribution in [1.82, 2.24) is 5.01 Å². The fraction of sp³-hybridized carbons (Fsp3) is 0.174. The van der Waals surface area contributed by atoms with Crippen molar-refractivity contribution >= 4 is 28.9 Å². The highest BCUT2D eigenvalue weighted by Crippen LogP contribution is 2.48. The minimum Gasteiger partial charge on any atom is -0.497 e. The van der Waals surface area contributed by atoms with E-state index in [9.17, 15) is 0 Å². The van der Waals surface area contributed by atoms with Gasteiger partial charge in [0.2, 0.25) is 6.23 Å². The predicted molar refractivity (Wildman–Crippen MR) is 115 cm³/mol. The molecule has 0 saturated heterocycles. The lowest BCUT2D eigenvalue weighted by Gasteiger charge is -2.38. The van der Waals surface area contributed by atoms with E-state index in [1.807, 2.05) is 59.6 Å². The van der Waals surface area contributed by atoms with Crippen molar-refractivity contribution in [3.63, 3.8) is 0 Å². The van der Waals surface area contributed by atoms with Crippen molar-refractivity contribution < 1.29 is 9.47 Å². The van der Waals surface area contributed by atoms with Gasteiger partial charge in [-0.2, -0.15) is 5.10 Å². The number of nitrogens with zero attached hydrogens (tertiary/aromatic N) is 2. The summed E-state index contributed by atoms with van der Waals surface area (Å²) in [5.41, 5.74) is 4.04. The third-order valence-corrected chi connectivity index (χ3v) is 5.91. The molecule has 2 heterocycles. The number of methoxy groups -OCH3 is 1. The topological polar surface area (TPSA) is 34.1 Å². The average molecular weight is 425 g/mol. The molecule has 4 nitrogen and oxygen atoms in total. The lowest BCUT2D eigenvalue weighted by Crippen LogP contribution is -2.33. The molecule has 0 spiro atoms. The van der Waals surface area contributed by atoms with Crippen molar-refractivity contribution in [2.75, 3.05) is 7.11 Å². The van der Waals surface area contributed by atoms with E-state index in [0.717, 1.165) is 40.3 Å². The Morgan fingerprint density at radius 3 is 2.55 bits per heavy atom. The average Bonchev–Trinajstić information content (AvgIpc) is 3.19. The standard InChI is InChI=1S/C23H18Cl2N2O2/c1-28-16-9-6-14(7-10-16)20-13-21-18-4-2-3-5-22(18)29-23(27(21)26-20)17-11-8-15(24)12-19(17)25/h2-12,21,23H,13H2,1H3/t21-,23-/m1/s1. The van der Waals surface area contributed by atoms with Crippen LogP contribution in [0, 0.1) is 0 Å². The van der Waals surface area contributed by atoms with Crippen LogP contribution in [0.1, 0.15) is 35.4 Å². The maximum Gasteiger partial charge on any atom is 0.215 e. The summed E-state index contributed by atoms with van der Waals surface area (Å²) in [6, 6.07) is 21.6. The molecule has 2 aliphatic heterocycles. The van der Waals surface area contributed by atoms with E-state index in [2.05, 4.69) is 6.07 Å². The number of hydrogen-bond donors (Lipinski definition) is 0. The molecule has 0 N–H and O–H groups in total. The summed E-state index contributed by atoms with van der Waals surface area (Å²) in [6.07, 6.45) is 0.365. The second-order valence-electron chi connectivity index (χ2n) is 7.05. The zero-order chi connectivity index (χ0) is 20.0. The summed E-state index contributed by atoms with van der Waals surface area (Å²) in [7, 11) is 1.66. The third kappa shape index (κ3) is 3.22. The monoisotopic (exact) mass is 424 g/mol. The summed E-state index contributed by atoms with van der Waals surface area (Å²) in [5.74, 6) is 1.68. The minimum absolute atomic E-state index is 0.0776. The van der Waals surface area contributed by atoms with E-state index in [4.69, 9.17) is 37.8 Å². The van der Waals surface area contributed by atoms with Gasteiger partial charge >= 0.3 is 0 Å². The van der Waals surface area contributed by atoms with Crippen LogP contribution in [-0.4, -0.2) is 17.8 Å². The number of hydrogen-bond acceptors (Lipinski definition) is 4. The number of ether oxygens (including phenoxy) is 2. The van der Waals surface area contributed by atoms with Crippen LogP contribution in [0.15, 0.2) is 71.8 Å². The molecule has 2 aliphatic rings. The fourth-order valence-corrected chi connectivity index (χ4v) is 4.40. The van der Waals surface area contributed by atoms with Crippen LogP contribution in [0.3, 0.4) is 0 Å². The van der Waals surface area contributed by atoms with Crippen molar-refractivity contribution in [2.45, 2.75) is 18.7 Å². The van der Waals surface area contributed by atoms with Crippen molar-refractivity contribution in [1.29, 1.82) is 0 Å². The Labute approximate surface area is 179 Å².